The SMILES string of the molecule is NC(=O)CCN(NC(=O)CNC(=O)OCc1ccccc1)C(=O)CCl. The Morgan fingerprint density at radius 1 is 1.16 bits per heavy atom. The highest BCUT2D eigenvalue weighted by Gasteiger charge is 2.16. The molecule has 0 heterocycles. The molecule has 0 aliphatic heterocycles. The van der Waals surface area contributed by atoms with E-state index in [0.29, 0.717) is 0 Å². The molecule has 0 aromatic heterocycles. The molecule has 25 heavy (non-hydrogen) atoms. The summed E-state index contributed by atoms with van der Waals surface area (Å²) in [7, 11) is 0. The number of rotatable bonds is 8. The number of halogens is 1. The molecule has 0 unspecified atom stereocenters. The first kappa shape index (κ1) is 20.2. The number of alkyl halides is 1. The summed E-state index contributed by atoms with van der Waals surface area (Å²) >= 11 is 5.42. The quantitative estimate of drug-likeness (QED) is 0.434. The van der Waals surface area contributed by atoms with Gasteiger partial charge in [-0.15, -0.1) is 11.6 Å². The minimum Gasteiger partial charge on any atom is -0.445 e. The molecule has 9 nitrogen and oxygen atoms in total. The van der Waals surface area contributed by atoms with Gasteiger partial charge in [0.15, 0.2) is 0 Å². The summed E-state index contributed by atoms with van der Waals surface area (Å²) in [5, 5.41) is 3.12. The van der Waals surface area contributed by atoms with Gasteiger partial charge in [-0.3, -0.25) is 24.8 Å². The topological polar surface area (TPSA) is 131 Å². The maximum absolute atomic E-state index is 11.8. The van der Waals surface area contributed by atoms with Crippen LogP contribution in [0, 0.1) is 0 Å². The predicted octanol–water partition coefficient (Wildman–Crippen LogP) is -0.113. The maximum Gasteiger partial charge on any atom is 0.407 e. The summed E-state index contributed by atoms with van der Waals surface area (Å²) in [5.74, 6) is -2.31. The van der Waals surface area contributed by atoms with E-state index in [9.17, 15) is 19.2 Å². The van der Waals surface area contributed by atoms with E-state index in [1.54, 1.807) is 24.3 Å². The largest absolute Gasteiger partial charge is 0.445 e. The summed E-state index contributed by atoms with van der Waals surface area (Å²) in [6, 6.07) is 9.01. The average Bonchev–Trinajstić information content (AvgIpc) is 2.61. The van der Waals surface area contributed by atoms with Crippen LogP contribution in [0.5, 0.6) is 0 Å². The van der Waals surface area contributed by atoms with Crippen LogP contribution >= 0.6 is 11.6 Å². The minimum atomic E-state index is -0.786. The van der Waals surface area contributed by atoms with Crippen molar-refractivity contribution >= 4 is 35.4 Å². The molecule has 0 spiro atoms. The number of ether oxygens (including phenoxy) is 1. The molecule has 0 atom stereocenters. The second-order valence-electron chi connectivity index (χ2n) is 4.85. The van der Waals surface area contributed by atoms with Gasteiger partial charge < -0.3 is 15.8 Å². The Morgan fingerprint density at radius 2 is 1.84 bits per heavy atom. The molecule has 4 amide bonds. The highest BCUT2D eigenvalue weighted by molar-refractivity contribution is 6.27. The highest BCUT2D eigenvalue weighted by Crippen LogP contribution is 2.00. The standard InChI is InChI=1S/C15H19ClN4O5/c16-8-14(23)20(7-6-12(17)21)19-13(22)9-18-15(24)25-10-11-4-2-1-3-5-11/h1-5H,6-10H2,(H2,17,21)(H,18,24)(H,19,22). The number of alkyl carbamates (subject to hydrolysis) is 1. The van der Waals surface area contributed by atoms with Crippen molar-refractivity contribution in [1.82, 2.24) is 15.8 Å². The van der Waals surface area contributed by atoms with Gasteiger partial charge in [-0.1, -0.05) is 30.3 Å². The average molecular weight is 371 g/mol. The van der Waals surface area contributed by atoms with Crippen LogP contribution in [0.4, 0.5) is 4.79 Å². The Kier molecular flexibility index (Phi) is 8.80. The fourth-order valence-corrected chi connectivity index (χ4v) is 1.80. The number of nitrogens with one attached hydrogen (secondary N) is 2. The van der Waals surface area contributed by atoms with E-state index in [1.807, 2.05) is 6.07 Å². The fraction of sp³-hybridized carbons (Fsp3) is 0.333. The Morgan fingerprint density at radius 3 is 2.44 bits per heavy atom. The van der Waals surface area contributed by atoms with Crippen molar-refractivity contribution in [2.24, 2.45) is 5.73 Å². The van der Waals surface area contributed by atoms with Crippen molar-refractivity contribution in [2.75, 3.05) is 19.0 Å². The van der Waals surface area contributed by atoms with Crippen molar-refractivity contribution in [2.45, 2.75) is 13.0 Å². The number of primary amides is 1. The second-order valence-corrected chi connectivity index (χ2v) is 5.11. The van der Waals surface area contributed by atoms with E-state index in [2.05, 4.69) is 10.7 Å². The van der Waals surface area contributed by atoms with Gasteiger partial charge in [-0.2, -0.15) is 0 Å². The molecule has 4 N–H and O–H groups in total. The van der Waals surface area contributed by atoms with Gasteiger partial charge in [0.1, 0.15) is 19.0 Å². The number of benzene rings is 1. The molecule has 1 aromatic rings. The van der Waals surface area contributed by atoms with Gasteiger partial charge in [0.05, 0.1) is 6.54 Å². The molecule has 1 rings (SSSR count). The van der Waals surface area contributed by atoms with E-state index in [4.69, 9.17) is 22.1 Å². The Labute approximate surface area is 149 Å². The first-order valence-corrected chi connectivity index (χ1v) is 7.84. The molecule has 0 saturated heterocycles. The lowest BCUT2D eigenvalue weighted by Gasteiger charge is -2.21. The zero-order chi connectivity index (χ0) is 18.7. The normalized spacial score (nSPS) is 9.80. The lowest BCUT2D eigenvalue weighted by Crippen LogP contribution is -2.51. The third-order valence-electron chi connectivity index (χ3n) is 2.86. The number of nitrogens with zero attached hydrogens (tertiary/aromatic N) is 1. The zero-order valence-electron chi connectivity index (χ0n) is 13.4. The second kappa shape index (κ2) is 10.9. The van der Waals surface area contributed by atoms with E-state index in [0.717, 1.165) is 10.6 Å². The third kappa shape index (κ3) is 8.56. The maximum atomic E-state index is 11.8. The lowest BCUT2D eigenvalue weighted by molar-refractivity contribution is -0.139. The van der Waals surface area contributed by atoms with Crippen molar-refractivity contribution in [3.8, 4) is 0 Å². The first-order chi connectivity index (χ1) is 11.9. The molecule has 136 valence electrons. The molecular formula is C15H19ClN4O5. The monoisotopic (exact) mass is 370 g/mol. The summed E-state index contributed by atoms with van der Waals surface area (Å²) < 4.78 is 4.94. The van der Waals surface area contributed by atoms with Gasteiger partial charge in [-0.05, 0) is 5.56 Å². The number of hydrogen-bond donors (Lipinski definition) is 3. The van der Waals surface area contributed by atoms with E-state index in [1.165, 1.54) is 0 Å². The van der Waals surface area contributed by atoms with Gasteiger partial charge in [0.25, 0.3) is 11.8 Å². The van der Waals surface area contributed by atoms with Gasteiger partial charge >= 0.3 is 6.09 Å². The molecule has 0 saturated carbocycles. The number of hydrazine groups is 1. The van der Waals surface area contributed by atoms with E-state index in [-0.39, 0.29) is 25.5 Å². The number of hydrogen-bond acceptors (Lipinski definition) is 5. The molecule has 10 heteroatoms. The smallest absolute Gasteiger partial charge is 0.407 e. The summed E-state index contributed by atoms with van der Waals surface area (Å²) in [4.78, 5) is 45.6. The Bertz CT molecular complexity index is 611. The van der Waals surface area contributed by atoms with Gasteiger partial charge in [0, 0.05) is 6.42 Å². The van der Waals surface area contributed by atoms with Crippen molar-refractivity contribution in [3.63, 3.8) is 0 Å². The van der Waals surface area contributed by atoms with Crippen LogP contribution in [0.25, 0.3) is 0 Å². The van der Waals surface area contributed by atoms with Crippen LogP contribution in [0.15, 0.2) is 30.3 Å². The van der Waals surface area contributed by atoms with Crippen LogP contribution < -0.4 is 16.5 Å². The molecule has 0 bridgehead atoms. The van der Waals surface area contributed by atoms with Crippen LogP contribution in [0.1, 0.15) is 12.0 Å². The zero-order valence-corrected chi connectivity index (χ0v) is 14.1. The minimum absolute atomic E-state index is 0.0593. The fourth-order valence-electron chi connectivity index (χ4n) is 1.65. The Hall–Kier alpha value is -2.81. The first-order valence-electron chi connectivity index (χ1n) is 7.31. The Balaban J connectivity index is 2.36. The van der Waals surface area contributed by atoms with E-state index >= 15 is 0 Å². The summed E-state index contributed by atoms with van der Waals surface area (Å²) in [6.07, 6.45) is -0.929. The van der Waals surface area contributed by atoms with Crippen molar-refractivity contribution in [1.29, 1.82) is 0 Å². The van der Waals surface area contributed by atoms with E-state index < -0.39 is 30.4 Å². The van der Waals surface area contributed by atoms with Crippen molar-refractivity contribution in [3.05, 3.63) is 35.9 Å². The molecule has 0 aliphatic carbocycles. The molecule has 0 fully saturated rings. The summed E-state index contributed by atoms with van der Waals surface area (Å²) in [6.45, 7) is -0.481. The predicted molar refractivity (Wildman–Crippen MR) is 89.0 cm³/mol. The molecular weight excluding hydrogens is 352 g/mol. The van der Waals surface area contributed by atoms with Crippen LogP contribution in [0.3, 0.4) is 0 Å². The van der Waals surface area contributed by atoms with Gasteiger partial charge in [0.2, 0.25) is 5.91 Å². The molecule has 0 radical (unpaired) electrons. The molecule has 1 aromatic carbocycles. The lowest BCUT2D eigenvalue weighted by atomic mass is 10.2. The van der Waals surface area contributed by atoms with Crippen LogP contribution in [-0.4, -0.2) is 47.8 Å². The number of carbonyl (C=O) groups is 4. The van der Waals surface area contributed by atoms with Gasteiger partial charge in [-0.25, -0.2) is 4.79 Å². The number of carbonyl (C=O) groups excluding carboxylic acids is 4. The van der Waals surface area contributed by atoms with Crippen LogP contribution in [0.2, 0.25) is 0 Å². The van der Waals surface area contributed by atoms with Crippen LogP contribution in [-0.2, 0) is 25.7 Å². The number of nitrogens with two attached hydrogens (primary N) is 1. The molecule has 0 aliphatic rings. The summed E-state index contributed by atoms with van der Waals surface area (Å²) in [5.41, 5.74) is 8.03. The number of amides is 4. The highest BCUT2D eigenvalue weighted by atomic mass is 35.5. The van der Waals surface area contributed by atoms with Crippen molar-refractivity contribution < 1.29 is 23.9 Å². The third-order valence-corrected chi connectivity index (χ3v) is 3.09.